The van der Waals surface area contributed by atoms with Crippen LogP contribution in [0, 0.1) is 5.92 Å². The summed E-state index contributed by atoms with van der Waals surface area (Å²) in [5.41, 5.74) is 9.58. The fourth-order valence-electron chi connectivity index (χ4n) is 2.39. The topological polar surface area (TPSA) is 55.1 Å². The molecular weight excluding hydrogens is 224 g/mol. The van der Waals surface area contributed by atoms with Crippen LogP contribution in [0.5, 0.6) is 0 Å². The standard InChI is InChI=1S/C15H22N2O/c1-3-10(2)14(16)15(18)17-13-8-7-11-5-4-6-12(11)9-13/h7-10,14H,3-6,16H2,1-2H3,(H,17,18)/t10?,14-/m0/s1. The van der Waals surface area contributed by atoms with Gasteiger partial charge >= 0.3 is 0 Å². The molecule has 0 heterocycles. The molecule has 3 heteroatoms. The number of carbonyl (C=O) groups is 1. The molecule has 1 aromatic carbocycles. The highest BCUT2D eigenvalue weighted by Crippen LogP contribution is 2.25. The van der Waals surface area contributed by atoms with E-state index in [0.717, 1.165) is 24.9 Å². The van der Waals surface area contributed by atoms with E-state index in [1.54, 1.807) is 0 Å². The first-order valence-corrected chi connectivity index (χ1v) is 6.80. The number of carbonyl (C=O) groups excluding carboxylic acids is 1. The minimum absolute atomic E-state index is 0.0812. The molecule has 0 saturated carbocycles. The van der Waals surface area contributed by atoms with Crippen molar-refractivity contribution in [3.05, 3.63) is 29.3 Å². The Morgan fingerprint density at radius 1 is 1.39 bits per heavy atom. The molecule has 0 fully saturated rings. The highest BCUT2D eigenvalue weighted by Gasteiger charge is 2.20. The van der Waals surface area contributed by atoms with Crippen LogP contribution < -0.4 is 11.1 Å². The number of hydrogen-bond acceptors (Lipinski definition) is 2. The second kappa shape index (κ2) is 5.53. The van der Waals surface area contributed by atoms with E-state index >= 15 is 0 Å². The molecule has 1 aromatic rings. The van der Waals surface area contributed by atoms with Crippen molar-refractivity contribution in [3.8, 4) is 0 Å². The van der Waals surface area contributed by atoms with Gasteiger partial charge < -0.3 is 11.1 Å². The van der Waals surface area contributed by atoms with Crippen LogP contribution in [0.1, 0.15) is 37.8 Å². The Kier molecular flexibility index (Phi) is 4.02. The maximum Gasteiger partial charge on any atom is 0.241 e. The van der Waals surface area contributed by atoms with Gasteiger partial charge in [0.05, 0.1) is 6.04 Å². The fraction of sp³-hybridized carbons (Fsp3) is 0.533. The molecule has 1 amide bonds. The number of nitrogens with one attached hydrogen (secondary N) is 1. The van der Waals surface area contributed by atoms with E-state index in [9.17, 15) is 4.79 Å². The summed E-state index contributed by atoms with van der Waals surface area (Å²) in [5, 5.41) is 2.92. The summed E-state index contributed by atoms with van der Waals surface area (Å²) in [6.07, 6.45) is 4.42. The first-order chi connectivity index (χ1) is 8.61. The SMILES string of the molecule is CCC(C)[C@H](N)C(=O)Nc1ccc2c(c1)CCC2. The first kappa shape index (κ1) is 13.1. The van der Waals surface area contributed by atoms with Crippen LogP contribution in [-0.4, -0.2) is 11.9 Å². The average molecular weight is 246 g/mol. The van der Waals surface area contributed by atoms with Crippen LogP contribution in [0.4, 0.5) is 5.69 Å². The molecule has 0 radical (unpaired) electrons. The van der Waals surface area contributed by atoms with Crippen LogP contribution in [0.2, 0.25) is 0 Å². The number of hydrogen-bond donors (Lipinski definition) is 2. The smallest absolute Gasteiger partial charge is 0.241 e. The van der Waals surface area contributed by atoms with Crippen LogP contribution in [0.25, 0.3) is 0 Å². The highest BCUT2D eigenvalue weighted by atomic mass is 16.2. The molecule has 98 valence electrons. The normalized spacial score (nSPS) is 17.1. The summed E-state index contributed by atoms with van der Waals surface area (Å²) < 4.78 is 0. The molecule has 1 aliphatic carbocycles. The van der Waals surface area contributed by atoms with E-state index in [1.807, 2.05) is 19.9 Å². The number of amides is 1. The van der Waals surface area contributed by atoms with Gasteiger partial charge in [-0.25, -0.2) is 0 Å². The summed E-state index contributed by atoms with van der Waals surface area (Å²) in [5.74, 6) is 0.127. The second-order valence-electron chi connectivity index (χ2n) is 5.24. The average Bonchev–Trinajstić information content (AvgIpc) is 2.84. The lowest BCUT2D eigenvalue weighted by Gasteiger charge is -2.18. The lowest BCUT2D eigenvalue weighted by molar-refractivity contribution is -0.118. The maximum atomic E-state index is 12.0. The number of fused-ring (bicyclic) bond motifs is 1. The monoisotopic (exact) mass is 246 g/mol. The predicted octanol–water partition coefficient (Wildman–Crippen LogP) is 2.49. The Hall–Kier alpha value is -1.35. The van der Waals surface area contributed by atoms with E-state index in [2.05, 4.69) is 17.4 Å². The third kappa shape index (κ3) is 2.72. The van der Waals surface area contributed by atoms with Gasteiger partial charge in [-0.3, -0.25) is 4.79 Å². The molecule has 18 heavy (non-hydrogen) atoms. The minimum atomic E-state index is -0.428. The van der Waals surface area contributed by atoms with Gasteiger partial charge in [0.2, 0.25) is 5.91 Å². The molecule has 3 N–H and O–H groups in total. The van der Waals surface area contributed by atoms with Gasteiger partial charge in [0.25, 0.3) is 0 Å². The molecule has 2 rings (SSSR count). The number of aryl methyl sites for hydroxylation is 2. The lowest BCUT2D eigenvalue weighted by Crippen LogP contribution is -2.40. The Morgan fingerprint density at radius 3 is 2.83 bits per heavy atom. The summed E-state index contributed by atoms with van der Waals surface area (Å²) in [7, 11) is 0. The molecule has 0 aliphatic heterocycles. The van der Waals surface area contributed by atoms with E-state index in [4.69, 9.17) is 5.73 Å². The Morgan fingerprint density at radius 2 is 2.11 bits per heavy atom. The Bertz CT molecular complexity index is 442. The third-order valence-corrected chi connectivity index (χ3v) is 3.93. The van der Waals surface area contributed by atoms with E-state index in [1.165, 1.54) is 17.5 Å². The summed E-state index contributed by atoms with van der Waals surface area (Å²) in [4.78, 5) is 12.0. The van der Waals surface area contributed by atoms with Gasteiger partial charge in [0.15, 0.2) is 0 Å². The zero-order valence-corrected chi connectivity index (χ0v) is 11.2. The van der Waals surface area contributed by atoms with Crippen molar-refractivity contribution in [2.24, 2.45) is 11.7 Å². The first-order valence-electron chi connectivity index (χ1n) is 6.80. The van der Waals surface area contributed by atoms with Gasteiger partial charge in [-0.1, -0.05) is 26.3 Å². The molecule has 2 atom stereocenters. The largest absolute Gasteiger partial charge is 0.325 e. The van der Waals surface area contributed by atoms with Crippen molar-refractivity contribution < 1.29 is 4.79 Å². The van der Waals surface area contributed by atoms with E-state index in [-0.39, 0.29) is 11.8 Å². The van der Waals surface area contributed by atoms with Crippen LogP contribution in [0.3, 0.4) is 0 Å². The van der Waals surface area contributed by atoms with Gasteiger partial charge in [-0.2, -0.15) is 0 Å². The van der Waals surface area contributed by atoms with Gasteiger partial charge in [-0.15, -0.1) is 0 Å². The molecule has 1 aliphatic rings. The summed E-state index contributed by atoms with van der Waals surface area (Å²) in [6, 6.07) is 5.75. The van der Waals surface area contributed by atoms with E-state index < -0.39 is 6.04 Å². The highest BCUT2D eigenvalue weighted by molar-refractivity contribution is 5.95. The fourth-order valence-corrected chi connectivity index (χ4v) is 2.39. The Balaban J connectivity index is 2.03. The molecule has 0 aromatic heterocycles. The molecular formula is C15H22N2O. The molecule has 3 nitrogen and oxygen atoms in total. The van der Waals surface area contributed by atoms with Crippen molar-refractivity contribution in [3.63, 3.8) is 0 Å². The zero-order chi connectivity index (χ0) is 13.1. The number of benzene rings is 1. The quantitative estimate of drug-likeness (QED) is 0.857. The second-order valence-corrected chi connectivity index (χ2v) is 5.24. The van der Waals surface area contributed by atoms with Gasteiger partial charge in [0.1, 0.15) is 0 Å². The maximum absolute atomic E-state index is 12.0. The molecule has 1 unspecified atom stereocenters. The summed E-state index contributed by atoms with van der Waals surface area (Å²) >= 11 is 0. The molecule has 0 spiro atoms. The Labute approximate surface area is 109 Å². The van der Waals surface area contributed by atoms with Crippen molar-refractivity contribution in [1.82, 2.24) is 0 Å². The minimum Gasteiger partial charge on any atom is -0.325 e. The van der Waals surface area contributed by atoms with Crippen LogP contribution in [0.15, 0.2) is 18.2 Å². The van der Waals surface area contributed by atoms with Gasteiger partial charge in [0, 0.05) is 5.69 Å². The van der Waals surface area contributed by atoms with Crippen LogP contribution in [-0.2, 0) is 17.6 Å². The van der Waals surface area contributed by atoms with Gasteiger partial charge in [-0.05, 0) is 48.4 Å². The number of rotatable bonds is 4. The van der Waals surface area contributed by atoms with Crippen molar-refractivity contribution in [1.29, 1.82) is 0 Å². The van der Waals surface area contributed by atoms with Crippen molar-refractivity contribution in [2.45, 2.75) is 45.6 Å². The molecule has 0 saturated heterocycles. The predicted molar refractivity (Wildman–Crippen MR) is 74.5 cm³/mol. The zero-order valence-electron chi connectivity index (χ0n) is 11.2. The summed E-state index contributed by atoms with van der Waals surface area (Å²) in [6.45, 7) is 4.06. The molecule has 0 bridgehead atoms. The van der Waals surface area contributed by atoms with E-state index in [0.29, 0.717) is 0 Å². The van der Waals surface area contributed by atoms with Crippen LogP contribution >= 0.6 is 0 Å². The lowest BCUT2D eigenvalue weighted by atomic mass is 9.99. The number of nitrogens with two attached hydrogens (primary N) is 1. The van der Waals surface area contributed by atoms with Crippen molar-refractivity contribution in [2.75, 3.05) is 5.32 Å². The number of anilines is 1. The third-order valence-electron chi connectivity index (χ3n) is 3.93. The van der Waals surface area contributed by atoms with Crippen molar-refractivity contribution >= 4 is 11.6 Å².